The van der Waals surface area contributed by atoms with E-state index in [2.05, 4.69) is 19.0 Å². The molecule has 1 fully saturated rings. The molecule has 1 amide bonds. The maximum Gasteiger partial charge on any atom is 0.263 e. The number of nitrogens with zero attached hydrogens (tertiary/aromatic N) is 2. The average molecular weight is 346 g/mol. The summed E-state index contributed by atoms with van der Waals surface area (Å²) in [5.74, 6) is 0.929. The van der Waals surface area contributed by atoms with Crippen molar-refractivity contribution in [2.75, 3.05) is 27.2 Å². The summed E-state index contributed by atoms with van der Waals surface area (Å²) >= 11 is 0. The Labute approximate surface area is 150 Å². The van der Waals surface area contributed by atoms with Crippen molar-refractivity contribution in [3.63, 3.8) is 0 Å². The van der Waals surface area contributed by atoms with Crippen LogP contribution < -0.4 is 4.74 Å². The fraction of sp³-hybridized carbons (Fsp3) is 0.600. The third kappa shape index (κ3) is 5.85. The van der Waals surface area contributed by atoms with Crippen LogP contribution >= 0.6 is 0 Å². The summed E-state index contributed by atoms with van der Waals surface area (Å²) < 4.78 is 5.83. The van der Waals surface area contributed by atoms with Gasteiger partial charge in [-0.1, -0.05) is 12.1 Å². The van der Waals surface area contributed by atoms with Crippen molar-refractivity contribution in [3.8, 4) is 5.75 Å². The van der Waals surface area contributed by atoms with E-state index in [1.807, 2.05) is 36.1 Å². The Kier molecular flexibility index (Phi) is 7.00. The van der Waals surface area contributed by atoms with Crippen LogP contribution in [0.1, 0.15) is 38.7 Å². The van der Waals surface area contributed by atoms with Gasteiger partial charge >= 0.3 is 0 Å². The molecule has 0 aliphatic carbocycles. The van der Waals surface area contributed by atoms with E-state index in [1.54, 1.807) is 6.92 Å². The Morgan fingerprint density at radius 1 is 1.28 bits per heavy atom. The van der Waals surface area contributed by atoms with E-state index in [1.165, 1.54) is 0 Å². The summed E-state index contributed by atoms with van der Waals surface area (Å²) in [6, 6.07) is 8.08. The second kappa shape index (κ2) is 8.99. The Hall–Kier alpha value is -1.88. The van der Waals surface area contributed by atoms with Crippen molar-refractivity contribution in [3.05, 3.63) is 29.8 Å². The number of ether oxygens (including phenoxy) is 1. The van der Waals surface area contributed by atoms with Crippen molar-refractivity contribution in [1.82, 2.24) is 9.80 Å². The van der Waals surface area contributed by atoms with Crippen LogP contribution in [0.5, 0.6) is 5.75 Å². The molecule has 0 spiro atoms. The van der Waals surface area contributed by atoms with E-state index in [0.29, 0.717) is 18.2 Å². The van der Waals surface area contributed by atoms with Gasteiger partial charge in [0.1, 0.15) is 11.5 Å². The number of aryl methyl sites for hydroxylation is 1. The fourth-order valence-corrected chi connectivity index (χ4v) is 3.14. The summed E-state index contributed by atoms with van der Waals surface area (Å²) in [5.41, 5.74) is 1.10. The van der Waals surface area contributed by atoms with E-state index >= 15 is 0 Å². The molecule has 1 aliphatic heterocycles. The zero-order valence-electron chi connectivity index (χ0n) is 15.8. The summed E-state index contributed by atoms with van der Waals surface area (Å²) in [7, 11) is 4.12. The smallest absolute Gasteiger partial charge is 0.263 e. The van der Waals surface area contributed by atoms with Crippen LogP contribution in [0.15, 0.2) is 24.3 Å². The van der Waals surface area contributed by atoms with Gasteiger partial charge in [0.25, 0.3) is 5.91 Å². The van der Waals surface area contributed by atoms with Crippen LogP contribution in [0, 0.1) is 0 Å². The number of ketones is 1. The Morgan fingerprint density at radius 2 is 1.96 bits per heavy atom. The van der Waals surface area contributed by atoms with Crippen LogP contribution in [-0.2, 0) is 16.0 Å². The first-order valence-electron chi connectivity index (χ1n) is 9.07. The molecule has 0 bridgehead atoms. The van der Waals surface area contributed by atoms with Gasteiger partial charge in [0.15, 0.2) is 6.10 Å². The molecule has 5 nitrogen and oxygen atoms in total. The summed E-state index contributed by atoms with van der Waals surface area (Å²) in [4.78, 5) is 27.8. The fourth-order valence-electron chi connectivity index (χ4n) is 3.14. The molecule has 1 saturated heterocycles. The maximum atomic E-state index is 12.7. The van der Waals surface area contributed by atoms with Crippen LogP contribution in [-0.4, -0.2) is 60.8 Å². The highest BCUT2D eigenvalue weighted by molar-refractivity contribution is 5.81. The number of likely N-dealkylation sites (tertiary alicyclic amines) is 1. The Bertz CT molecular complexity index is 583. The third-order valence-electron chi connectivity index (χ3n) is 4.79. The second-order valence-electron chi connectivity index (χ2n) is 7.15. The second-order valence-corrected chi connectivity index (χ2v) is 7.15. The highest BCUT2D eigenvalue weighted by Crippen LogP contribution is 2.18. The number of rotatable bonds is 7. The van der Waals surface area contributed by atoms with Crippen molar-refractivity contribution >= 4 is 11.7 Å². The first-order valence-corrected chi connectivity index (χ1v) is 9.07. The first-order chi connectivity index (χ1) is 11.9. The molecule has 0 radical (unpaired) electrons. The molecule has 138 valence electrons. The quantitative estimate of drug-likeness (QED) is 0.761. The predicted octanol–water partition coefficient (Wildman–Crippen LogP) is 2.53. The first kappa shape index (κ1) is 19.4. The van der Waals surface area contributed by atoms with Crippen molar-refractivity contribution in [1.29, 1.82) is 0 Å². The lowest BCUT2D eigenvalue weighted by atomic mass is 10.0. The van der Waals surface area contributed by atoms with Crippen molar-refractivity contribution in [2.24, 2.45) is 0 Å². The highest BCUT2D eigenvalue weighted by atomic mass is 16.5. The minimum absolute atomic E-state index is 0.0483. The topological polar surface area (TPSA) is 49.9 Å². The number of amides is 1. The van der Waals surface area contributed by atoms with E-state index < -0.39 is 6.10 Å². The molecular weight excluding hydrogens is 316 g/mol. The molecule has 2 rings (SSSR count). The van der Waals surface area contributed by atoms with Gasteiger partial charge in [0.05, 0.1) is 0 Å². The summed E-state index contributed by atoms with van der Waals surface area (Å²) in [6.45, 7) is 4.99. The van der Waals surface area contributed by atoms with Crippen LogP contribution in [0.2, 0.25) is 0 Å². The number of piperidine rings is 1. The largest absolute Gasteiger partial charge is 0.481 e. The molecular formula is C20H30N2O3. The van der Waals surface area contributed by atoms with Crippen LogP contribution in [0.4, 0.5) is 0 Å². The summed E-state index contributed by atoms with van der Waals surface area (Å²) in [5, 5.41) is 0. The van der Waals surface area contributed by atoms with Gasteiger partial charge < -0.3 is 19.3 Å². The molecule has 25 heavy (non-hydrogen) atoms. The van der Waals surface area contributed by atoms with Crippen LogP contribution in [0.3, 0.4) is 0 Å². The lowest BCUT2D eigenvalue weighted by Crippen LogP contribution is -2.50. The molecule has 0 aromatic heterocycles. The molecule has 0 saturated carbocycles. The number of hydrogen-bond acceptors (Lipinski definition) is 4. The number of hydrogen-bond donors (Lipinski definition) is 0. The maximum absolute atomic E-state index is 12.7. The summed E-state index contributed by atoms with van der Waals surface area (Å²) in [6.07, 6.45) is 2.96. The van der Waals surface area contributed by atoms with E-state index in [4.69, 9.17) is 4.74 Å². The Morgan fingerprint density at radius 3 is 2.56 bits per heavy atom. The van der Waals surface area contributed by atoms with Gasteiger partial charge in [-0.2, -0.15) is 0 Å². The van der Waals surface area contributed by atoms with Gasteiger partial charge in [-0.15, -0.1) is 0 Å². The van der Waals surface area contributed by atoms with Gasteiger partial charge in [-0.25, -0.2) is 0 Å². The zero-order chi connectivity index (χ0) is 18.4. The standard InChI is InChI=1S/C20H30N2O3/c1-15(23)7-8-17-9-11-19(12-10-17)25-16(2)20(24)22-13-5-6-18(14-22)21(3)4/h9-12,16,18H,5-8,13-14H2,1-4H3/t16-,18-/m1/s1. The number of benzene rings is 1. The van der Waals surface area contributed by atoms with Gasteiger partial charge in [0.2, 0.25) is 0 Å². The predicted molar refractivity (Wildman–Crippen MR) is 98.8 cm³/mol. The van der Waals surface area contributed by atoms with Crippen molar-refractivity contribution < 1.29 is 14.3 Å². The van der Waals surface area contributed by atoms with E-state index in [9.17, 15) is 9.59 Å². The molecule has 0 N–H and O–H groups in total. The molecule has 0 unspecified atom stereocenters. The normalized spacial score (nSPS) is 18.9. The van der Waals surface area contributed by atoms with E-state index in [-0.39, 0.29) is 11.7 Å². The number of likely N-dealkylation sites (N-methyl/N-ethyl adjacent to an activating group) is 1. The van der Waals surface area contributed by atoms with Crippen LogP contribution in [0.25, 0.3) is 0 Å². The number of carbonyl (C=O) groups excluding carboxylic acids is 2. The van der Waals surface area contributed by atoms with Gasteiger partial charge in [-0.05, 0) is 64.9 Å². The Balaban J connectivity index is 1.89. The highest BCUT2D eigenvalue weighted by Gasteiger charge is 2.28. The molecule has 2 atom stereocenters. The molecule has 1 aliphatic rings. The molecule has 1 aromatic rings. The lowest BCUT2D eigenvalue weighted by molar-refractivity contribution is -0.139. The lowest BCUT2D eigenvalue weighted by Gasteiger charge is -2.37. The number of Topliss-reactive ketones (excluding diaryl/α,β-unsaturated/α-hetero) is 1. The SMILES string of the molecule is CC(=O)CCc1ccc(O[C@H](C)C(=O)N2CCC[C@@H](N(C)C)C2)cc1. The van der Waals surface area contributed by atoms with Gasteiger partial charge in [-0.3, -0.25) is 4.79 Å². The number of carbonyl (C=O) groups is 2. The third-order valence-corrected chi connectivity index (χ3v) is 4.79. The monoisotopic (exact) mass is 346 g/mol. The molecule has 5 heteroatoms. The average Bonchev–Trinajstić information content (AvgIpc) is 2.60. The van der Waals surface area contributed by atoms with Gasteiger partial charge in [0, 0.05) is 25.6 Å². The van der Waals surface area contributed by atoms with Crippen molar-refractivity contribution in [2.45, 2.75) is 51.7 Å². The molecule has 1 heterocycles. The minimum atomic E-state index is -0.496. The zero-order valence-corrected chi connectivity index (χ0v) is 15.8. The van der Waals surface area contributed by atoms with E-state index in [0.717, 1.165) is 37.9 Å². The minimum Gasteiger partial charge on any atom is -0.481 e. The molecule has 1 aromatic carbocycles.